The van der Waals surface area contributed by atoms with E-state index < -0.39 is 22.7 Å². The lowest BCUT2D eigenvalue weighted by Crippen LogP contribution is -2.48. The van der Waals surface area contributed by atoms with E-state index in [1.165, 1.54) is 12.1 Å². The first-order chi connectivity index (χ1) is 20.3. The summed E-state index contributed by atoms with van der Waals surface area (Å²) >= 11 is 5.90. The molecule has 4 rings (SSSR count). The van der Waals surface area contributed by atoms with Crippen LogP contribution in [0.3, 0.4) is 0 Å². The topological polar surface area (TPSA) is 99.2 Å². The zero-order valence-electron chi connectivity index (χ0n) is 24.2. The number of nitrogens with one attached hydrogen (secondary N) is 2. The maximum atomic E-state index is 13.2. The number of aliphatic imine (C=N–C) groups is 1. The van der Waals surface area contributed by atoms with Crippen LogP contribution in [0.5, 0.6) is 11.6 Å². The van der Waals surface area contributed by atoms with Crippen molar-refractivity contribution < 1.29 is 27.5 Å². The number of benzene rings is 2. The number of rotatable bonds is 7. The fourth-order valence-electron chi connectivity index (χ4n) is 4.39. The van der Waals surface area contributed by atoms with Crippen LogP contribution < -0.4 is 15.4 Å². The second kappa shape index (κ2) is 13.5. The maximum Gasteiger partial charge on any atom is 0.417 e. The predicted molar refractivity (Wildman–Crippen MR) is 159 cm³/mol. The van der Waals surface area contributed by atoms with Crippen LogP contribution in [-0.2, 0) is 11.0 Å². The van der Waals surface area contributed by atoms with Gasteiger partial charge >= 0.3 is 6.18 Å². The summed E-state index contributed by atoms with van der Waals surface area (Å²) in [4.78, 5) is 38.5. The second-order valence-electron chi connectivity index (χ2n) is 10.3. The number of alkyl halides is 3. The largest absolute Gasteiger partial charge is 0.439 e. The number of amidine groups is 1. The minimum absolute atomic E-state index is 0.130. The molecule has 1 aromatic heterocycles. The number of halogens is 4. The third kappa shape index (κ3) is 8.53. The van der Waals surface area contributed by atoms with Crippen LogP contribution in [0.2, 0.25) is 5.02 Å². The average molecular weight is 617 g/mol. The average Bonchev–Trinajstić information content (AvgIpc) is 2.92. The number of amides is 2. The molecule has 0 unspecified atom stereocenters. The first-order valence-electron chi connectivity index (χ1n) is 13.5. The van der Waals surface area contributed by atoms with E-state index in [0.717, 1.165) is 43.9 Å². The number of hydrogen-bond donors (Lipinski definition) is 2. The molecule has 43 heavy (non-hydrogen) atoms. The van der Waals surface area contributed by atoms with E-state index in [9.17, 15) is 22.8 Å². The van der Waals surface area contributed by atoms with Gasteiger partial charge in [-0.05, 0) is 57.6 Å². The van der Waals surface area contributed by atoms with Crippen molar-refractivity contribution in [3.05, 3.63) is 75.9 Å². The highest BCUT2D eigenvalue weighted by atomic mass is 35.5. The molecule has 2 N–H and O–H groups in total. The van der Waals surface area contributed by atoms with Gasteiger partial charge < -0.3 is 20.3 Å². The maximum absolute atomic E-state index is 13.2. The van der Waals surface area contributed by atoms with Gasteiger partial charge in [0.15, 0.2) is 0 Å². The number of piperazine rings is 1. The molecule has 1 aliphatic heterocycles. The number of pyridine rings is 1. The van der Waals surface area contributed by atoms with Crippen molar-refractivity contribution >= 4 is 40.6 Å². The summed E-state index contributed by atoms with van der Waals surface area (Å²) in [6, 6.07) is 11.3. The first-order valence-corrected chi connectivity index (χ1v) is 13.9. The van der Waals surface area contributed by atoms with Crippen LogP contribution in [0.1, 0.15) is 34.1 Å². The Bertz CT molecular complexity index is 1540. The molecule has 2 aromatic carbocycles. The minimum atomic E-state index is -4.69. The van der Waals surface area contributed by atoms with Gasteiger partial charge in [0, 0.05) is 44.0 Å². The Hall–Kier alpha value is -4.00. The van der Waals surface area contributed by atoms with Gasteiger partial charge in [-0.3, -0.25) is 14.5 Å². The van der Waals surface area contributed by atoms with E-state index in [-0.39, 0.29) is 17.4 Å². The molecule has 1 fully saturated rings. The van der Waals surface area contributed by atoms with Gasteiger partial charge in [0.25, 0.3) is 5.91 Å². The number of nitrogens with zero attached hydrogens (tertiary/aromatic N) is 4. The molecule has 3 aromatic rings. The molecule has 1 aliphatic rings. The lowest BCUT2D eigenvalue weighted by molar-refractivity contribution is -0.137. The van der Waals surface area contributed by atoms with Crippen LogP contribution in [0.15, 0.2) is 53.5 Å². The second-order valence-corrected chi connectivity index (χ2v) is 10.7. The van der Waals surface area contributed by atoms with Crippen LogP contribution in [0.4, 0.5) is 24.5 Å². The highest BCUT2D eigenvalue weighted by molar-refractivity contribution is 6.35. The molecule has 2 heterocycles. The zero-order chi connectivity index (χ0) is 31.3. The fourth-order valence-corrected chi connectivity index (χ4v) is 4.71. The summed E-state index contributed by atoms with van der Waals surface area (Å²) in [5.41, 5.74) is 0.744. The van der Waals surface area contributed by atoms with E-state index >= 15 is 0 Å². The highest BCUT2D eigenvalue weighted by Crippen LogP contribution is 2.36. The Labute approximate surface area is 252 Å². The fraction of sp³-hybridized carbons (Fsp3) is 0.333. The third-order valence-corrected chi connectivity index (χ3v) is 7.22. The molecular formula is C30H32ClF3N6O3. The van der Waals surface area contributed by atoms with Crippen LogP contribution in [0.25, 0.3) is 0 Å². The summed E-state index contributed by atoms with van der Waals surface area (Å²) in [5, 5.41) is 4.71. The molecule has 0 aliphatic carbocycles. The first kappa shape index (κ1) is 31.9. The Morgan fingerprint density at radius 3 is 2.47 bits per heavy atom. The molecule has 0 radical (unpaired) electrons. The van der Waals surface area contributed by atoms with E-state index in [0.29, 0.717) is 35.2 Å². The standard InChI is InChI=1S/C30H32ClF3N6O3/c1-18-8-9-21(38-29(42)22-6-5-7-23(28(22)31)30(32,33)34)16-25(18)43-27-11-10-24(19(2)35-27)36-20(3)37-26(41)17-40-14-12-39(4)13-15-40/h5-11,16H,12-15,17H2,1-4H3,(H,38,42)(H,36,37,41). The number of likely N-dealkylation sites (N-methyl/N-ethyl adjacent to an activating group) is 1. The monoisotopic (exact) mass is 616 g/mol. The van der Waals surface area contributed by atoms with Crippen molar-refractivity contribution in [3.8, 4) is 11.6 Å². The Morgan fingerprint density at radius 2 is 1.79 bits per heavy atom. The van der Waals surface area contributed by atoms with Crippen molar-refractivity contribution in [2.24, 2.45) is 4.99 Å². The van der Waals surface area contributed by atoms with Gasteiger partial charge in [0.1, 0.15) is 11.6 Å². The van der Waals surface area contributed by atoms with Crippen LogP contribution in [0, 0.1) is 13.8 Å². The van der Waals surface area contributed by atoms with Crippen molar-refractivity contribution in [2.45, 2.75) is 26.9 Å². The molecule has 0 atom stereocenters. The quantitative estimate of drug-likeness (QED) is 0.256. The molecular weight excluding hydrogens is 585 g/mol. The van der Waals surface area contributed by atoms with Gasteiger partial charge in [-0.2, -0.15) is 13.2 Å². The van der Waals surface area contributed by atoms with E-state index in [4.69, 9.17) is 16.3 Å². The number of hydrogen-bond acceptors (Lipinski definition) is 7. The van der Waals surface area contributed by atoms with Crippen LogP contribution in [-0.4, -0.2) is 72.2 Å². The summed E-state index contributed by atoms with van der Waals surface area (Å²) in [6.45, 7) is 9.09. The van der Waals surface area contributed by atoms with Gasteiger partial charge in [-0.25, -0.2) is 9.98 Å². The number of carbonyl (C=O) groups is 2. The molecule has 0 bridgehead atoms. The lowest BCUT2D eigenvalue weighted by Gasteiger charge is -2.31. The summed E-state index contributed by atoms with van der Waals surface area (Å²) in [6.07, 6.45) is -4.69. The van der Waals surface area contributed by atoms with E-state index in [2.05, 4.69) is 37.5 Å². The molecule has 13 heteroatoms. The van der Waals surface area contributed by atoms with Crippen molar-refractivity contribution in [3.63, 3.8) is 0 Å². The van der Waals surface area contributed by atoms with E-state index in [1.807, 2.05) is 0 Å². The van der Waals surface area contributed by atoms with E-state index in [1.54, 1.807) is 45.0 Å². The molecule has 0 saturated carbocycles. The smallest absolute Gasteiger partial charge is 0.417 e. The molecule has 0 spiro atoms. The molecule has 1 saturated heterocycles. The molecule has 2 amide bonds. The Balaban J connectivity index is 1.41. The zero-order valence-corrected chi connectivity index (χ0v) is 24.9. The number of ether oxygens (including phenoxy) is 1. The predicted octanol–water partition coefficient (Wildman–Crippen LogP) is 5.83. The van der Waals surface area contributed by atoms with Gasteiger partial charge in [-0.15, -0.1) is 0 Å². The van der Waals surface area contributed by atoms with Gasteiger partial charge in [0.2, 0.25) is 11.8 Å². The molecule has 9 nitrogen and oxygen atoms in total. The number of anilines is 1. The summed E-state index contributed by atoms with van der Waals surface area (Å²) < 4.78 is 45.6. The van der Waals surface area contributed by atoms with Crippen molar-refractivity contribution in [1.29, 1.82) is 0 Å². The number of aromatic nitrogens is 1. The third-order valence-electron chi connectivity index (χ3n) is 6.81. The minimum Gasteiger partial charge on any atom is -0.439 e. The Morgan fingerprint density at radius 1 is 1.07 bits per heavy atom. The van der Waals surface area contributed by atoms with Crippen molar-refractivity contribution in [2.75, 3.05) is 45.1 Å². The lowest BCUT2D eigenvalue weighted by atomic mass is 10.1. The molecule has 228 valence electrons. The number of aryl methyl sites for hydroxylation is 2. The highest BCUT2D eigenvalue weighted by Gasteiger charge is 2.34. The summed E-state index contributed by atoms with van der Waals surface area (Å²) in [5.74, 6) is 0.157. The van der Waals surface area contributed by atoms with Crippen molar-refractivity contribution in [1.82, 2.24) is 20.1 Å². The van der Waals surface area contributed by atoms with Gasteiger partial charge in [-0.1, -0.05) is 23.7 Å². The normalized spacial score (nSPS) is 14.8. The Kier molecular flexibility index (Phi) is 10.0. The number of carbonyl (C=O) groups excluding carboxylic acids is 2. The SMILES string of the molecule is CC(=Nc1ccc(Oc2cc(NC(=O)c3cccc(C(F)(F)F)c3Cl)ccc2C)nc1C)NC(=O)CN1CCN(C)CC1. The van der Waals surface area contributed by atoms with Gasteiger partial charge in [0.05, 0.1) is 34.1 Å². The summed E-state index contributed by atoms with van der Waals surface area (Å²) in [7, 11) is 2.06. The van der Waals surface area contributed by atoms with Crippen LogP contribution >= 0.6 is 11.6 Å².